The number of imidazole rings is 1. The smallest absolute Gasteiger partial charge is 0.330 e. The average molecular weight is 1550 g/mol. The number of hydrazine groups is 3. The van der Waals surface area contributed by atoms with Gasteiger partial charge in [-0.1, -0.05) is 122 Å². The molecule has 0 radical (unpaired) electrons. The first-order chi connectivity index (χ1) is 52.5. The van der Waals surface area contributed by atoms with Crippen LogP contribution in [0, 0.1) is 0 Å². The molecule has 3 fully saturated rings. The van der Waals surface area contributed by atoms with Crippen LogP contribution in [0.3, 0.4) is 0 Å². The number of nitrogens with one attached hydrogen (secondary N) is 7. The van der Waals surface area contributed by atoms with Crippen molar-refractivity contribution >= 4 is 111 Å². The molecule has 12 amide bonds. The number of benzene rings is 5. The zero-order valence-electron chi connectivity index (χ0n) is 62.6. The van der Waals surface area contributed by atoms with E-state index in [4.69, 9.17) is 16.7 Å². The van der Waals surface area contributed by atoms with Crippen molar-refractivity contribution in [1.82, 2.24) is 79.3 Å². The number of fused-ring (bicyclic) bond motifs is 1. The van der Waals surface area contributed by atoms with Crippen LogP contribution in [0.5, 0.6) is 0 Å². The largest absolute Gasteiger partial charge is 0.351 e. The molecule has 0 atom stereocenters. The number of carbonyl (C=O) groups is 9. The standard InChI is InChI=1S/C26H28N8O5.C25H27ClN6O5.C23H26N8O5/c1-25(2,3)19-13-20(29-24(37)30-23-27-17-7-5-6-8-18(17)28-23)34(31-19)16-11-9-15(10-12-16)14-33-22(36)26(38,39)21(35)32(33)4;1-24(2,3)19-13-20(28-23(35)27-17-9-7-16(26)8-10-17)32(29-19)18-11-5-15(6-12-18)14-31-22(34)25(36,37)21(33)30(31)4;1-22(2,3)16-11-18(27-21(34)26-17-9-10-24-13-25-17)31(28-16)15-7-5-14(6-8-15)12-30-20(33)23(35,36)19(32)29(30)4/h5-13,38-39H,14H2,1-4H3,(H3,27,28,29,30,37);5-13,36-37H,14H2,1-4H3,(H2,27,28,35);5-11,13,35-36H,12H2,1-4H3,(H2,24,25,26,27,34). The normalized spacial score (nSPS) is 15.3. The molecule has 37 nitrogen and oxygen atoms in total. The third-order valence-electron chi connectivity index (χ3n) is 17.7. The highest BCUT2D eigenvalue weighted by atomic mass is 35.5. The fourth-order valence-electron chi connectivity index (χ4n) is 11.3. The highest BCUT2D eigenvalue weighted by Crippen LogP contribution is 2.33. The van der Waals surface area contributed by atoms with E-state index in [0.29, 0.717) is 73.7 Å². The molecule has 8 heterocycles. The molecule has 10 aromatic rings. The van der Waals surface area contributed by atoms with Crippen molar-refractivity contribution in [3.05, 3.63) is 197 Å². The van der Waals surface area contributed by atoms with Crippen molar-refractivity contribution in [2.24, 2.45) is 0 Å². The van der Waals surface area contributed by atoms with Gasteiger partial charge < -0.3 is 40.9 Å². The Labute approximate surface area is 643 Å². The summed E-state index contributed by atoms with van der Waals surface area (Å²) in [6, 6.07) is 40.3. The molecule has 0 unspecified atom stereocenters. The summed E-state index contributed by atoms with van der Waals surface area (Å²) in [4.78, 5) is 126. The number of nitrogens with zero attached hydrogens (tertiary/aromatic N) is 15. The van der Waals surface area contributed by atoms with E-state index in [1.165, 1.54) is 33.7 Å². The minimum Gasteiger partial charge on any atom is -0.351 e. The topological polar surface area (TPSA) is 475 Å². The van der Waals surface area contributed by atoms with Gasteiger partial charge in [0, 0.05) is 72.5 Å². The Balaban J connectivity index is 0.000000166. The number of halogens is 1. The molecule has 3 aliphatic heterocycles. The van der Waals surface area contributed by atoms with Crippen molar-refractivity contribution in [1.29, 1.82) is 0 Å². The Morgan fingerprint density at radius 1 is 0.438 bits per heavy atom. The van der Waals surface area contributed by atoms with Gasteiger partial charge >= 0.3 is 70.9 Å². The predicted octanol–water partition coefficient (Wildman–Crippen LogP) is 5.95. The lowest BCUT2D eigenvalue weighted by atomic mass is 9.92. The van der Waals surface area contributed by atoms with Gasteiger partial charge in [-0.2, -0.15) is 15.3 Å². The molecule has 0 bridgehead atoms. The summed E-state index contributed by atoms with van der Waals surface area (Å²) in [6.07, 6.45) is 2.83. The van der Waals surface area contributed by atoms with Crippen LogP contribution in [0.4, 0.5) is 49.3 Å². The van der Waals surface area contributed by atoms with E-state index in [1.54, 1.807) is 135 Å². The number of urea groups is 3. The Bertz CT molecular complexity index is 5220. The lowest BCUT2D eigenvalue weighted by Gasteiger charge is -2.23. The van der Waals surface area contributed by atoms with Crippen LogP contribution in [0.1, 0.15) is 96.1 Å². The predicted molar refractivity (Wildman–Crippen MR) is 406 cm³/mol. The van der Waals surface area contributed by atoms with Crippen LogP contribution in [0.25, 0.3) is 28.1 Å². The van der Waals surface area contributed by atoms with E-state index in [0.717, 1.165) is 58.2 Å². The first kappa shape index (κ1) is 80.0. The van der Waals surface area contributed by atoms with E-state index in [2.05, 4.69) is 62.0 Å². The third-order valence-corrected chi connectivity index (χ3v) is 18.0. The van der Waals surface area contributed by atoms with E-state index in [9.17, 15) is 73.8 Å². The number of anilines is 6. The number of aromatic nitrogens is 10. The number of carbonyl (C=O) groups excluding carboxylic acids is 9. The maximum Gasteiger partial charge on any atom is 0.330 e. The summed E-state index contributed by atoms with van der Waals surface area (Å²) in [5, 5.41) is 95.1. The van der Waals surface area contributed by atoms with E-state index in [-0.39, 0.29) is 35.9 Å². The van der Waals surface area contributed by atoms with Crippen molar-refractivity contribution in [2.75, 3.05) is 53.0 Å². The maximum absolute atomic E-state index is 12.9. The van der Waals surface area contributed by atoms with Gasteiger partial charge in [0.15, 0.2) is 0 Å². The SMILES string of the molecule is CN1C(=O)C(O)(O)C(=O)N1Cc1ccc(-n2nc(C(C)(C)C)cc2NC(=O)Nc2ccc(Cl)cc2)cc1.CN1C(=O)C(O)(O)C(=O)N1Cc1ccc(-n2nc(C(C)(C)C)cc2NC(=O)Nc2ccncn2)cc1.CN1C(=O)C(O)(O)C(=O)N1Cc1ccc(-n2nc(C(C)(C)C)cc2NC(=O)Nc2nc3ccccc3[nH]2)cc1. The molecule has 3 saturated heterocycles. The van der Waals surface area contributed by atoms with Gasteiger partial charge in [0.1, 0.15) is 29.6 Å². The summed E-state index contributed by atoms with van der Waals surface area (Å²) in [5.74, 6) is -14.0. The first-order valence-electron chi connectivity index (χ1n) is 34.4. The Morgan fingerprint density at radius 2 is 0.786 bits per heavy atom. The highest BCUT2D eigenvalue weighted by molar-refractivity contribution is 6.30. The van der Waals surface area contributed by atoms with Crippen LogP contribution in [0.15, 0.2) is 158 Å². The minimum atomic E-state index is -3.07. The summed E-state index contributed by atoms with van der Waals surface area (Å²) >= 11 is 5.90. The molecule has 13 N–H and O–H groups in total. The number of hydrogen-bond donors (Lipinski definition) is 13. The van der Waals surface area contributed by atoms with Crippen LogP contribution < -0.4 is 31.9 Å². The van der Waals surface area contributed by atoms with Gasteiger partial charge in [0.25, 0.3) is 0 Å². The molecule has 5 aromatic heterocycles. The van der Waals surface area contributed by atoms with Gasteiger partial charge in [-0.05, 0) is 95.6 Å². The maximum atomic E-state index is 12.9. The molecule has 584 valence electrons. The zero-order chi connectivity index (χ0) is 81.5. The van der Waals surface area contributed by atoms with Gasteiger partial charge in [0.2, 0.25) is 5.95 Å². The Morgan fingerprint density at radius 3 is 1.11 bits per heavy atom. The molecule has 112 heavy (non-hydrogen) atoms. The average Bonchev–Trinajstić information content (AvgIpc) is 1.64. The molecular formula is C74H81ClN22O15. The van der Waals surface area contributed by atoms with E-state index < -0.39 is 70.9 Å². The lowest BCUT2D eigenvalue weighted by molar-refractivity contribution is -0.186. The number of H-pyrrole nitrogens is 1. The second kappa shape index (κ2) is 30.8. The third kappa shape index (κ3) is 17.2. The summed E-state index contributed by atoms with van der Waals surface area (Å²) in [6.45, 7) is 17.9. The van der Waals surface area contributed by atoms with Gasteiger partial charge in [-0.25, -0.2) is 73.4 Å². The number of amides is 12. The number of rotatable bonds is 15. The van der Waals surface area contributed by atoms with Gasteiger partial charge in [0.05, 0.1) is 64.8 Å². The highest BCUT2D eigenvalue weighted by Gasteiger charge is 2.58. The Kier molecular flexibility index (Phi) is 22.0. The molecule has 13 rings (SSSR count). The quantitative estimate of drug-likeness (QED) is 0.0416. The molecule has 0 saturated carbocycles. The molecule has 0 aliphatic carbocycles. The molecular weight excluding hydrogens is 1470 g/mol. The summed E-state index contributed by atoms with van der Waals surface area (Å²) in [5.41, 5.74) is 7.23. The van der Waals surface area contributed by atoms with Gasteiger partial charge in [-0.3, -0.25) is 55.4 Å². The molecule has 5 aromatic carbocycles. The summed E-state index contributed by atoms with van der Waals surface area (Å²) < 4.78 is 4.76. The van der Waals surface area contributed by atoms with E-state index in [1.807, 2.05) is 86.6 Å². The second-order valence-corrected chi connectivity index (χ2v) is 29.7. The van der Waals surface area contributed by atoms with Crippen molar-refractivity contribution < 1.29 is 73.8 Å². The number of aromatic amines is 1. The van der Waals surface area contributed by atoms with E-state index >= 15 is 0 Å². The van der Waals surface area contributed by atoms with Crippen molar-refractivity contribution in [3.8, 4) is 17.1 Å². The number of likely N-dealkylation sites (N-methyl/N-ethyl adjacent to an activating group) is 3. The van der Waals surface area contributed by atoms with Crippen molar-refractivity contribution in [2.45, 2.75) is 116 Å². The second-order valence-electron chi connectivity index (χ2n) is 29.3. The van der Waals surface area contributed by atoms with Crippen LogP contribution in [-0.4, -0.2) is 202 Å². The van der Waals surface area contributed by atoms with Crippen molar-refractivity contribution in [3.63, 3.8) is 0 Å². The lowest BCUT2D eigenvalue weighted by Crippen LogP contribution is -2.43. The van der Waals surface area contributed by atoms with Crippen LogP contribution in [-0.2, 0) is 64.6 Å². The molecule has 38 heteroatoms. The molecule has 3 aliphatic rings. The fraction of sp³-hybridized carbons (Fsp3) is 0.284. The van der Waals surface area contributed by atoms with Crippen LogP contribution >= 0.6 is 11.6 Å². The first-order valence-corrected chi connectivity index (χ1v) is 34.8. The monoisotopic (exact) mass is 1550 g/mol. The minimum absolute atomic E-state index is 0.0504. The Hall–Kier alpha value is -13.0. The number of aliphatic hydroxyl groups is 6. The fourth-order valence-corrected chi connectivity index (χ4v) is 11.4. The molecule has 0 spiro atoms. The zero-order valence-corrected chi connectivity index (χ0v) is 63.3. The number of hydrogen-bond acceptors (Lipinski definition) is 21. The van der Waals surface area contributed by atoms with Crippen LogP contribution in [0.2, 0.25) is 5.02 Å². The van der Waals surface area contributed by atoms with Gasteiger partial charge in [-0.15, -0.1) is 0 Å². The number of para-hydroxylation sites is 2. The summed E-state index contributed by atoms with van der Waals surface area (Å²) in [7, 11) is 3.85.